The number of ether oxygens (including phenoxy) is 2. The number of furan rings is 1. The number of carbonyl (C=O) groups excluding carboxylic acids is 1. The first-order valence-electron chi connectivity index (χ1n) is 6.62. The lowest BCUT2D eigenvalue weighted by Crippen LogP contribution is -2.38. The van der Waals surface area contributed by atoms with Crippen molar-refractivity contribution in [1.29, 1.82) is 0 Å². The average Bonchev–Trinajstić information content (AvgIpc) is 3.06. The third kappa shape index (κ3) is 3.16. The molecule has 1 aliphatic rings. The van der Waals surface area contributed by atoms with Gasteiger partial charge < -0.3 is 19.2 Å². The zero-order chi connectivity index (χ0) is 13.8. The van der Waals surface area contributed by atoms with Crippen LogP contribution in [0.3, 0.4) is 0 Å². The zero-order valence-corrected chi connectivity index (χ0v) is 11.6. The Labute approximate surface area is 113 Å². The second-order valence-electron chi connectivity index (χ2n) is 4.89. The fraction of sp³-hybridized carbons (Fsp3) is 0.643. The Morgan fingerprint density at radius 1 is 1.42 bits per heavy atom. The van der Waals surface area contributed by atoms with Gasteiger partial charge in [-0.15, -0.1) is 0 Å². The molecular weight excluding hydrogens is 246 g/mol. The molecule has 1 N–H and O–H groups in total. The molecular formula is C14H21NO4. The summed E-state index contributed by atoms with van der Waals surface area (Å²) in [6.07, 6.45) is 3.63. The quantitative estimate of drug-likeness (QED) is 0.829. The van der Waals surface area contributed by atoms with Gasteiger partial charge in [-0.25, -0.2) is 4.79 Å². The molecule has 0 spiro atoms. The Morgan fingerprint density at radius 3 is 2.89 bits per heavy atom. The summed E-state index contributed by atoms with van der Waals surface area (Å²) in [7, 11) is 3.09. The molecule has 0 saturated heterocycles. The summed E-state index contributed by atoms with van der Waals surface area (Å²) in [5.41, 5.74) is 0. The lowest BCUT2D eigenvalue weighted by Gasteiger charge is -2.23. The number of esters is 1. The smallest absolute Gasteiger partial charge is 0.373 e. The van der Waals surface area contributed by atoms with Crippen molar-refractivity contribution in [3.05, 3.63) is 23.7 Å². The van der Waals surface area contributed by atoms with Crippen LogP contribution in [0.4, 0.5) is 0 Å². The van der Waals surface area contributed by atoms with Crippen LogP contribution in [0.2, 0.25) is 0 Å². The lowest BCUT2D eigenvalue weighted by molar-refractivity contribution is 0.0560. The summed E-state index contributed by atoms with van der Waals surface area (Å²) >= 11 is 0. The van der Waals surface area contributed by atoms with Crippen LogP contribution in [-0.4, -0.2) is 32.3 Å². The summed E-state index contributed by atoms with van der Waals surface area (Å²) in [6, 6.07) is 3.83. The zero-order valence-electron chi connectivity index (χ0n) is 11.6. The van der Waals surface area contributed by atoms with Crippen LogP contribution >= 0.6 is 0 Å². The second-order valence-corrected chi connectivity index (χ2v) is 4.89. The summed E-state index contributed by atoms with van der Waals surface area (Å²) in [5.74, 6) is 0.525. The van der Waals surface area contributed by atoms with Crippen molar-refractivity contribution >= 4 is 5.97 Å². The minimum Gasteiger partial charge on any atom is -0.463 e. The normalized spacial score (nSPS) is 24.4. The maximum absolute atomic E-state index is 11.3. The van der Waals surface area contributed by atoms with Gasteiger partial charge >= 0.3 is 5.97 Å². The van der Waals surface area contributed by atoms with Gasteiger partial charge in [0.2, 0.25) is 5.76 Å². The molecule has 1 saturated carbocycles. The van der Waals surface area contributed by atoms with Crippen LogP contribution in [0.5, 0.6) is 0 Å². The molecule has 1 heterocycles. The van der Waals surface area contributed by atoms with E-state index in [-0.39, 0.29) is 17.9 Å². The summed E-state index contributed by atoms with van der Waals surface area (Å²) < 4.78 is 15.6. The fourth-order valence-corrected chi connectivity index (χ4v) is 2.60. The van der Waals surface area contributed by atoms with Gasteiger partial charge in [-0.3, -0.25) is 0 Å². The first-order chi connectivity index (χ1) is 9.15. The molecule has 3 unspecified atom stereocenters. The van der Waals surface area contributed by atoms with Gasteiger partial charge in [-0.05, 0) is 38.3 Å². The van der Waals surface area contributed by atoms with Crippen LogP contribution in [0.25, 0.3) is 0 Å². The minimum absolute atomic E-state index is 0.0409. The Morgan fingerprint density at radius 2 is 2.21 bits per heavy atom. The topological polar surface area (TPSA) is 60.7 Å². The first-order valence-corrected chi connectivity index (χ1v) is 6.62. The number of carbonyl (C=O) groups is 1. The van der Waals surface area contributed by atoms with E-state index in [0.29, 0.717) is 6.04 Å². The van der Waals surface area contributed by atoms with E-state index in [1.54, 1.807) is 19.2 Å². The molecule has 3 atom stereocenters. The monoisotopic (exact) mass is 267 g/mol. The Hall–Kier alpha value is -1.33. The van der Waals surface area contributed by atoms with Crippen molar-refractivity contribution < 1.29 is 18.7 Å². The molecule has 1 aromatic rings. The van der Waals surface area contributed by atoms with Crippen LogP contribution < -0.4 is 5.32 Å². The number of nitrogens with one attached hydrogen (secondary N) is 1. The van der Waals surface area contributed by atoms with Gasteiger partial charge in [0.15, 0.2) is 0 Å². The third-order valence-electron chi connectivity index (χ3n) is 3.66. The van der Waals surface area contributed by atoms with E-state index in [1.165, 1.54) is 13.5 Å². The number of hydrogen-bond acceptors (Lipinski definition) is 5. The molecule has 1 fully saturated rings. The van der Waals surface area contributed by atoms with E-state index in [2.05, 4.69) is 10.1 Å². The van der Waals surface area contributed by atoms with Crippen LogP contribution in [0.1, 0.15) is 48.5 Å². The predicted octanol–water partition coefficient (Wildman–Crippen LogP) is 2.28. The molecule has 5 nitrogen and oxygen atoms in total. The van der Waals surface area contributed by atoms with E-state index >= 15 is 0 Å². The van der Waals surface area contributed by atoms with Gasteiger partial charge in [0.25, 0.3) is 0 Å². The Balaban J connectivity index is 1.97. The highest BCUT2D eigenvalue weighted by atomic mass is 16.5. The van der Waals surface area contributed by atoms with E-state index in [4.69, 9.17) is 9.15 Å². The Kier molecular flexibility index (Phi) is 4.61. The molecule has 0 bridgehead atoms. The second kappa shape index (κ2) is 6.21. The standard InChI is InChI=1S/C14H21NO4/c1-9(15-10-5-4-6-12(10)17-2)11-7-8-13(19-11)14(16)18-3/h7-10,12,15H,4-6H2,1-3H3. The molecule has 1 aliphatic carbocycles. The van der Waals surface area contributed by atoms with E-state index in [9.17, 15) is 4.79 Å². The first kappa shape index (κ1) is 14.1. The highest BCUT2D eigenvalue weighted by Gasteiger charge is 2.29. The highest BCUT2D eigenvalue weighted by Crippen LogP contribution is 2.25. The Bertz CT molecular complexity index is 429. The van der Waals surface area contributed by atoms with E-state index in [1.807, 2.05) is 6.92 Å². The fourth-order valence-electron chi connectivity index (χ4n) is 2.60. The van der Waals surface area contributed by atoms with E-state index in [0.717, 1.165) is 18.6 Å². The average molecular weight is 267 g/mol. The highest BCUT2D eigenvalue weighted by molar-refractivity contribution is 5.86. The lowest BCUT2D eigenvalue weighted by atomic mass is 10.1. The van der Waals surface area contributed by atoms with Gasteiger partial charge in [0.1, 0.15) is 5.76 Å². The van der Waals surface area contributed by atoms with Crippen LogP contribution in [-0.2, 0) is 9.47 Å². The molecule has 106 valence electrons. The molecule has 19 heavy (non-hydrogen) atoms. The molecule has 5 heteroatoms. The molecule has 1 aromatic heterocycles. The number of hydrogen-bond donors (Lipinski definition) is 1. The van der Waals surface area contributed by atoms with Crippen molar-refractivity contribution in [2.75, 3.05) is 14.2 Å². The number of methoxy groups -OCH3 is 2. The maximum atomic E-state index is 11.3. The third-order valence-corrected chi connectivity index (χ3v) is 3.66. The molecule has 0 radical (unpaired) electrons. The van der Waals surface area contributed by atoms with Gasteiger partial charge in [0.05, 0.1) is 19.3 Å². The SMILES string of the molecule is COC(=O)c1ccc(C(C)NC2CCCC2OC)o1. The van der Waals surface area contributed by atoms with Crippen molar-refractivity contribution in [3.8, 4) is 0 Å². The van der Waals surface area contributed by atoms with Gasteiger partial charge in [-0.2, -0.15) is 0 Å². The largest absolute Gasteiger partial charge is 0.463 e. The summed E-state index contributed by atoms with van der Waals surface area (Å²) in [5, 5.41) is 3.50. The molecule has 0 amide bonds. The predicted molar refractivity (Wildman–Crippen MR) is 70.0 cm³/mol. The van der Waals surface area contributed by atoms with Crippen molar-refractivity contribution in [3.63, 3.8) is 0 Å². The van der Waals surface area contributed by atoms with Crippen molar-refractivity contribution in [2.24, 2.45) is 0 Å². The minimum atomic E-state index is -0.450. The van der Waals surface area contributed by atoms with Gasteiger partial charge in [-0.1, -0.05) is 0 Å². The molecule has 0 aromatic carbocycles. The molecule has 0 aliphatic heterocycles. The molecule has 2 rings (SSSR count). The maximum Gasteiger partial charge on any atom is 0.373 e. The van der Waals surface area contributed by atoms with Gasteiger partial charge in [0, 0.05) is 13.2 Å². The van der Waals surface area contributed by atoms with Crippen molar-refractivity contribution in [1.82, 2.24) is 5.32 Å². The summed E-state index contributed by atoms with van der Waals surface area (Å²) in [4.78, 5) is 11.3. The van der Waals surface area contributed by atoms with E-state index < -0.39 is 5.97 Å². The summed E-state index contributed by atoms with van der Waals surface area (Å²) in [6.45, 7) is 2.02. The van der Waals surface area contributed by atoms with Crippen molar-refractivity contribution in [2.45, 2.75) is 44.4 Å². The van der Waals surface area contributed by atoms with Crippen LogP contribution in [0.15, 0.2) is 16.5 Å². The number of rotatable bonds is 5. The van der Waals surface area contributed by atoms with Crippen LogP contribution in [0, 0.1) is 0 Å².